The number of benzene rings is 2. The molecule has 12 nitrogen and oxygen atoms in total. The summed E-state index contributed by atoms with van der Waals surface area (Å²) in [6, 6.07) is 17.8. The summed E-state index contributed by atoms with van der Waals surface area (Å²) in [5.41, 5.74) is 1.95. The first-order chi connectivity index (χ1) is 21.9. The van der Waals surface area contributed by atoms with Crippen LogP contribution < -0.4 is 15.4 Å². The van der Waals surface area contributed by atoms with Gasteiger partial charge < -0.3 is 28.6 Å². The van der Waals surface area contributed by atoms with Gasteiger partial charge in [0.25, 0.3) is 11.8 Å². The van der Waals surface area contributed by atoms with Crippen molar-refractivity contribution in [1.82, 2.24) is 31.1 Å². The van der Waals surface area contributed by atoms with Crippen LogP contribution in [0.1, 0.15) is 85.4 Å². The van der Waals surface area contributed by atoms with Gasteiger partial charge in [-0.25, -0.2) is 4.39 Å². The van der Waals surface area contributed by atoms with E-state index in [1.807, 2.05) is 25.1 Å². The molecule has 0 bridgehead atoms. The van der Waals surface area contributed by atoms with Gasteiger partial charge in [-0.15, -0.1) is 10.2 Å². The van der Waals surface area contributed by atoms with Crippen LogP contribution in [0.5, 0.6) is 5.75 Å². The maximum absolute atomic E-state index is 14.9. The Morgan fingerprint density at radius 2 is 1.78 bits per heavy atom. The average molecular weight is 615 g/mol. The smallest absolute Gasteiger partial charge is 0.290 e. The first kappa shape index (κ1) is 28.9. The lowest BCUT2D eigenvalue weighted by atomic mass is 9.80. The molecule has 2 aliphatic carbocycles. The van der Waals surface area contributed by atoms with Crippen LogP contribution in [-0.4, -0.2) is 43.6 Å². The molecule has 2 atom stereocenters. The van der Waals surface area contributed by atoms with Crippen molar-refractivity contribution < 1.29 is 32.5 Å². The Bertz CT molecular complexity index is 1760. The quantitative estimate of drug-likeness (QED) is 0.162. The minimum atomic E-state index is -1.35. The highest BCUT2D eigenvalue weighted by atomic mass is 19.1. The number of halogens is 1. The molecule has 232 valence electrons. The minimum Gasteiger partial charge on any atom is -0.481 e. The molecule has 0 aliphatic heterocycles. The standard InChI is InChI=1S/C32H31FN6O6/c1-17(42-23-12-10-18(11-13-23)24-16-25(44-38-24)29(40)34-21-8-5-9-21)31-36-37-32(43-31)20-14-22(15-20)35-30(41)28-26(33)27(39-45-28)19-6-3-2-4-7-19/h2-4,6-7,10-13,16-17,20-22,30,35,41H,5,8-9,14-15H2,1H3,(H,34,40)/t17-,20?,22?,30?/m1/s1. The van der Waals surface area contributed by atoms with Crippen LogP contribution in [0.25, 0.3) is 22.5 Å². The van der Waals surface area contributed by atoms with Gasteiger partial charge in [0.15, 0.2) is 18.1 Å². The molecule has 3 aromatic heterocycles. The highest BCUT2D eigenvalue weighted by molar-refractivity contribution is 5.92. The number of carbonyl (C=O) groups excluding carboxylic acids is 1. The lowest BCUT2D eigenvalue weighted by molar-refractivity contribution is 0.0657. The van der Waals surface area contributed by atoms with Crippen molar-refractivity contribution in [3.63, 3.8) is 0 Å². The number of aliphatic hydroxyl groups excluding tert-OH is 1. The summed E-state index contributed by atoms with van der Waals surface area (Å²) in [5, 5.41) is 32.6. The highest BCUT2D eigenvalue weighted by Gasteiger charge is 2.37. The first-order valence-electron chi connectivity index (χ1n) is 14.9. The number of hydrogen-bond acceptors (Lipinski definition) is 11. The number of ether oxygens (including phenoxy) is 1. The number of nitrogens with zero attached hydrogens (tertiary/aromatic N) is 4. The Morgan fingerprint density at radius 3 is 2.51 bits per heavy atom. The molecule has 3 heterocycles. The Balaban J connectivity index is 0.896. The Morgan fingerprint density at radius 1 is 1.00 bits per heavy atom. The van der Waals surface area contributed by atoms with Crippen molar-refractivity contribution >= 4 is 5.91 Å². The second-order valence-corrected chi connectivity index (χ2v) is 11.5. The average Bonchev–Trinajstić information content (AvgIpc) is 3.78. The van der Waals surface area contributed by atoms with Gasteiger partial charge in [-0.05, 0) is 63.3 Å². The lowest BCUT2D eigenvalue weighted by Crippen LogP contribution is -2.42. The van der Waals surface area contributed by atoms with Crippen molar-refractivity contribution in [2.24, 2.45) is 0 Å². The molecule has 0 radical (unpaired) electrons. The van der Waals surface area contributed by atoms with Crippen molar-refractivity contribution in [2.75, 3.05) is 0 Å². The second-order valence-electron chi connectivity index (χ2n) is 11.5. The fourth-order valence-electron chi connectivity index (χ4n) is 5.35. The third-order valence-electron chi connectivity index (χ3n) is 8.28. The largest absolute Gasteiger partial charge is 0.481 e. The molecule has 45 heavy (non-hydrogen) atoms. The topological polar surface area (TPSA) is 162 Å². The zero-order valence-electron chi connectivity index (χ0n) is 24.4. The van der Waals surface area contributed by atoms with E-state index < -0.39 is 18.1 Å². The van der Waals surface area contributed by atoms with Crippen LogP contribution in [-0.2, 0) is 0 Å². The van der Waals surface area contributed by atoms with Crippen molar-refractivity contribution in [3.8, 4) is 28.3 Å². The minimum absolute atomic E-state index is 0.00922. The molecule has 2 saturated carbocycles. The molecule has 1 amide bonds. The third kappa shape index (κ3) is 6.08. The van der Waals surface area contributed by atoms with E-state index in [2.05, 4.69) is 31.1 Å². The lowest BCUT2D eigenvalue weighted by Gasteiger charge is -2.34. The van der Waals surface area contributed by atoms with Gasteiger partial charge in [0, 0.05) is 35.2 Å². The van der Waals surface area contributed by atoms with E-state index >= 15 is 0 Å². The van der Waals surface area contributed by atoms with E-state index in [0.717, 1.165) is 24.8 Å². The summed E-state index contributed by atoms with van der Waals surface area (Å²) < 4.78 is 37.1. The maximum Gasteiger partial charge on any atom is 0.290 e. The van der Waals surface area contributed by atoms with E-state index in [9.17, 15) is 14.3 Å². The van der Waals surface area contributed by atoms with E-state index in [0.29, 0.717) is 41.6 Å². The maximum atomic E-state index is 14.9. The van der Waals surface area contributed by atoms with Crippen LogP contribution in [0.4, 0.5) is 4.39 Å². The van der Waals surface area contributed by atoms with Crippen LogP contribution in [0.2, 0.25) is 0 Å². The van der Waals surface area contributed by atoms with Crippen molar-refractivity contribution in [2.45, 2.75) is 69.4 Å². The Hall–Kier alpha value is -4.88. The number of carbonyl (C=O) groups is 1. The summed E-state index contributed by atoms with van der Waals surface area (Å²) in [4.78, 5) is 12.3. The summed E-state index contributed by atoms with van der Waals surface area (Å²) in [6.07, 6.45) is 2.49. The van der Waals surface area contributed by atoms with E-state index in [1.54, 1.807) is 42.5 Å². The molecule has 2 aliphatic rings. The zero-order chi connectivity index (χ0) is 30.9. The molecular formula is C32H31FN6O6. The van der Waals surface area contributed by atoms with Crippen molar-refractivity contribution in [3.05, 3.63) is 89.8 Å². The molecule has 2 fully saturated rings. The monoisotopic (exact) mass is 614 g/mol. The predicted octanol–water partition coefficient (Wildman–Crippen LogP) is 5.47. The number of hydrogen-bond donors (Lipinski definition) is 3. The van der Waals surface area contributed by atoms with Gasteiger partial charge >= 0.3 is 0 Å². The molecule has 7 rings (SSSR count). The van der Waals surface area contributed by atoms with Gasteiger partial charge in [0.2, 0.25) is 17.4 Å². The number of aromatic nitrogens is 4. The molecule has 0 saturated heterocycles. The van der Waals surface area contributed by atoms with Gasteiger partial charge in [0.1, 0.15) is 17.1 Å². The molecule has 5 aromatic rings. The molecule has 0 spiro atoms. The summed E-state index contributed by atoms with van der Waals surface area (Å²) in [6.45, 7) is 1.81. The molecular weight excluding hydrogens is 583 g/mol. The summed E-state index contributed by atoms with van der Waals surface area (Å²) >= 11 is 0. The highest BCUT2D eigenvalue weighted by Crippen LogP contribution is 2.38. The number of amides is 1. The van der Waals surface area contributed by atoms with Crippen LogP contribution >= 0.6 is 0 Å². The molecule has 1 unspecified atom stereocenters. The van der Waals surface area contributed by atoms with Gasteiger partial charge in [-0.2, -0.15) is 0 Å². The Labute approximate surface area is 256 Å². The van der Waals surface area contributed by atoms with Gasteiger partial charge in [-0.3, -0.25) is 10.1 Å². The number of nitrogens with one attached hydrogen (secondary N) is 2. The van der Waals surface area contributed by atoms with E-state index in [-0.39, 0.29) is 41.1 Å². The van der Waals surface area contributed by atoms with Crippen LogP contribution in [0.3, 0.4) is 0 Å². The molecule has 2 aromatic carbocycles. The summed E-state index contributed by atoms with van der Waals surface area (Å²) in [5.74, 6) is 0.372. The third-order valence-corrected chi connectivity index (χ3v) is 8.28. The fraction of sp³-hybridized carbons (Fsp3) is 0.344. The van der Waals surface area contributed by atoms with Crippen molar-refractivity contribution in [1.29, 1.82) is 0 Å². The van der Waals surface area contributed by atoms with E-state index in [4.69, 9.17) is 18.2 Å². The fourth-order valence-corrected chi connectivity index (χ4v) is 5.35. The zero-order valence-corrected chi connectivity index (χ0v) is 24.4. The molecule has 3 N–H and O–H groups in total. The SMILES string of the molecule is C[C@@H](Oc1ccc(-c2cc(C(=O)NC3CCC3)on2)cc1)c1nnc(C2CC(NC(O)c3onc(-c4ccccc4)c3F)C2)o1. The van der Waals surface area contributed by atoms with Gasteiger partial charge in [0.05, 0.1) is 0 Å². The normalized spacial score (nSPS) is 19.4. The first-order valence-corrected chi connectivity index (χ1v) is 14.9. The summed E-state index contributed by atoms with van der Waals surface area (Å²) in [7, 11) is 0. The second kappa shape index (κ2) is 12.3. The van der Waals surface area contributed by atoms with E-state index in [1.165, 1.54) is 0 Å². The van der Waals surface area contributed by atoms with Crippen LogP contribution in [0, 0.1) is 5.82 Å². The van der Waals surface area contributed by atoms with Gasteiger partial charge in [-0.1, -0.05) is 40.6 Å². The Kier molecular flexibility index (Phi) is 7.86. The number of aliphatic hydroxyl groups is 1. The molecule has 13 heteroatoms. The predicted molar refractivity (Wildman–Crippen MR) is 156 cm³/mol. The number of rotatable bonds is 11. The van der Waals surface area contributed by atoms with Crippen LogP contribution in [0.15, 0.2) is 74.1 Å².